The van der Waals surface area contributed by atoms with E-state index in [4.69, 9.17) is 31.1 Å². The molecule has 5 nitrogen and oxygen atoms in total. The maximum absolute atomic E-state index is 9.04. The standard InChI is InChI=1S/C13H15ClN2O3/c1-9(19-8-10-7-17-4-5-18-10)11-2-3-13(14)16-12(11)6-15/h2-3,9-10H,4-5,7-8H2,1H3. The van der Waals surface area contributed by atoms with Crippen LogP contribution in [0.2, 0.25) is 5.15 Å². The van der Waals surface area contributed by atoms with E-state index in [0.717, 1.165) is 5.56 Å². The summed E-state index contributed by atoms with van der Waals surface area (Å²) in [5.41, 5.74) is 1.02. The number of nitrogens with zero attached hydrogens (tertiary/aromatic N) is 2. The molecule has 0 aliphatic carbocycles. The van der Waals surface area contributed by atoms with Crippen molar-refractivity contribution in [1.29, 1.82) is 5.26 Å². The van der Waals surface area contributed by atoms with Crippen LogP contribution in [0.3, 0.4) is 0 Å². The van der Waals surface area contributed by atoms with Gasteiger partial charge in [-0.05, 0) is 13.0 Å². The molecule has 0 aromatic carbocycles. The number of aromatic nitrogens is 1. The zero-order chi connectivity index (χ0) is 13.7. The van der Waals surface area contributed by atoms with E-state index in [-0.39, 0.29) is 12.2 Å². The molecule has 1 aromatic heterocycles. The molecule has 2 heterocycles. The summed E-state index contributed by atoms with van der Waals surface area (Å²) in [5, 5.41) is 9.34. The third-order valence-electron chi connectivity index (χ3n) is 2.85. The van der Waals surface area contributed by atoms with Gasteiger partial charge in [-0.15, -0.1) is 0 Å². The summed E-state index contributed by atoms with van der Waals surface area (Å²) in [5.74, 6) is 0. The molecular weight excluding hydrogens is 268 g/mol. The quantitative estimate of drug-likeness (QED) is 0.791. The monoisotopic (exact) mass is 282 g/mol. The van der Waals surface area contributed by atoms with Gasteiger partial charge < -0.3 is 14.2 Å². The van der Waals surface area contributed by atoms with Crippen molar-refractivity contribution in [3.8, 4) is 6.07 Å². The summed E-state index contributed by atoms with van der Waals surface area (Å²) in [6.07, 6.45) is -0.299. The average Bonchev–Trinajstić information content (AvgIpc) is 2.45. The van der Waals surface area contributed by atoms with E-state index < -0.39 is 0 Å². The van der Waals surface area contributed by atoms with Gasteiger partial charge in [0, 0.05) is 5.56 Å². The molecule has 0 N–H and O–H groups in total. The van der Waals surface area contributed by atoms with Gasteiger partial charge in [-0.1, -0.05) is 17.7 Å². The molecule has 19 heavy (non-hydrogen) atoms. The van der Waals surface area contributed by atoms with Crippen LogP contribution in [0.25, 0.3) is 0 Å². The molecule has 1 saturated heterocycles. The van der Waals surface area contributed by atoms with E-state index in [9.17, 15) is 0 Å². The third-order valence-corrected chi connectivity index (χ3v) is 3.06. The molecule has 102 valence electrons. The van der Waals surface area contributed by atoms with Crippen molar-refractivity contribution in [3.63, 3.8) is 0 Å². The summed E-state index contributed by atoms with van der Waals surface area (Å²) >= 11 is 5.76. The minimum Gasteiger partial charge on any atom is -0.376 e. The smallest absolute Gasteiger partial charge is 0.148 e. The maximum atomic E-state index is 9.04. The van der Waals surface area contributed by atoms with Crippen molar-refractivity contribution in [2.45, 2.75) is 19.1 Å². The van der Waals surface area contributed by atoms with Crippen molar-refractivity contribution in [1.82, 2.24) is 4.98 Å². The molecule has 2 unspecified atom stereocenters. The first-order valence-electron chi connectivity index (χ1n) is 6.08. The van der Waals surface area contributed by atoms with E-state index in [1.165, 1.54) is 0 Å². The Morgan fingerprint density at radius 3 is 3.11 bits per heavy atom. The van der Waals surface area contributed by atoms with E-state index in [0.29, 0.717) is 37.3 Å². The minimum atomic E-state index is -0.245. The number of halogens is 1. The van der Waals surface area contributed by atoms with E-state index in [1.54, 1.807) is 12.1 Å². The zero-order valence-corrected chi connectivity index (χ0v) is 11.4. The van der Waals surface area contributed by atoms with E-state index in [1.807, 2.05) is 13.0 Å². The zero-order valence-electron chi connectivity index (χ0n) is 10.6. The lowest BCUT2D eigenvalue weighted by molar-refractivity contribution is -0.123. The molecule has 0 radical (unpaired) electrons. The second-order valence-electron chi connectivity index (χ2n) is 4.23. The lowest BCUT2D eigenvalue weighted by atomic mass is 10.1. The highest BCUT2D eigenvalue weighted by Crippen LogP contribution is 2.22. The normalized spacial score (nSPS) is 20.8. The van der Waals surface area contributed by atoms with Gasteiger partial charge in [-0.2, -0.15) is 5.26 Å². The van der Waals surface area contributed by atoms with Gasteiger partial charge in [0.05, 0.1) is 32.5 Å². The lowest BCUT2D eigenvalue weighted by Crippen LogP contribution is -2.32. The van der Waals surface area contributed by atoms with E-state index in [2.05, 4.69) is 4.98 Å². The van der Waals surface area contributed by atoms with Crippen molar-refractivity contribution in [3.05, 3.63) is 28.5 Å². The van der Waals surface area contributed by atoms with Crippen LogP contribution in [0.5, 0.6) is 0 Å². The fourth-order valence-electron chi connectivity index (χ4n) is 1.84. The van der Waals surface area contributed by atoms with Crippen molar-refractivity contribution < 1.29 is 14.2 Å². The second-order valence-corrected chi connectivity index (χ2v) is 4.61. The van der Waals surface area contributed by atoms with Crippen LogP contribution in [0.1, 0.15) is 24.3 Å². The minimum absolute atomic E-state index is 0.0537. The van der Waals surface area contributed by atoms with Gasteiger partial charge in [0.1, 0.15) is 23.0 Å². The van der Waals surface area contributed by atoms with E-state index >= 15 is 0 Å². The topological polar surface area (TPSA) is 64.4 Å². The third kappa shape index (κ3) is 3.88. The van der Waals surface area contributed by atoms with Crippen LogP contribution in [0.15, 0.2) is 12.1 Å². The predicted molar refractivity (Wildman–Crippen MR) is 68.9 cm³/mol. The molecular formula is C13H15ClN2O3. The Labute approximate surface area is 117 Å². The van der Waals surface area contributed by atoms with Gasteiger partial charge in [-0.3, -0.25) is 0 Å². The molecule has 0 saturated carbocycles. The highest BCUT2D eigenvalue weighted by atomic mass is 35.5. The molecule has 1 fully saturated rings. The van der Waals surface area contributed by atoms with Crippen LogP contribution in [0, 0.1) is 11.3 Å². The van der Waals surface area contributed by atoms with Gasteiger partial charge >= 0.3 is 0 Å². The summed E-state index contributed by atoms with van der Waals surface area (Å²) in [6.45, 7) is 4.06. The number of hydrogen-bond acceptors (Lipinski definition) is 5. The van der Waals surface area contributed by atoms with Crippen LogP contribution in [0.4, 0.5) is 0 Å². The molecule has 1 aromatic rings. The van der Waals surface area contributed by atoms with Crippen molar-refractivity contribution >= 4 is 11.6 Å². The van der Waals surface area contributed by atoms with Gasteiger partial charge in [0.25, 0.3) is 0 Å². The highest BCUT2D eigenvalue weighted by Gasteiger charge is 2.18. The molecule has 2 atom stereocenters. The van der Waals surface area contributed by atoms with Crippen molar-refractivity contribution in [2.75, 3.05) is 26.4 Å². The molecule has 0 bridgehead atoms. The summed E-state index contributed by atoms with van der Waals surface area (Å²) in [7, 11) is 0. The molecule has 0 amide bonds. The molecule has 1 aliphatic rings. The Morgan fingerprint density at radius 2 is 2.42 bits per heavy atom. The molecule has 2 rings (SSSR count). The second kappa shape index (κ2) is 6.83. The van der Waals surface area contributed by atoms with Crippen LogP contribution < -0.4 is 0 Å². The number of ether oxygens (including phenoxy) is 3. The van der Waals surface area contributed by atoms with Gasteiger partial charge in [0.2, 0.25) is 0 Å². The Kier molecular flexibility index (Phi) is 5.11. The SMILES string of the molecule is CC(OCC1COCCO1)c1ccc(Cl)nc1C#N. The highest BCUT2D eigenvalue weighted by molar-refractivity contribution is 6.29. The largest absolute Gasteiger partial charge is 0.376 e. The van der Waals surface area contributed by atoms with Crippen LogP contribution >= 0.6 is 11.6 Å². The first-order valence-corrected chi connectivity index (χ1v) is 6.46. The first kappa shape index (κ1) is 14.2. The fourth-order valence-corrected chi connectivity index (χ4v) is 1.99. The first-order chi connectivity index (χ1) is 9.20. The van der Waals surface area contributed by atoms with Crippen LogP contribution in [-0.4, -0.2) is 37.5 Å². The molecule has 1 aliphatic heterocycles. The summed E-state index contributed by atoms with van der Waals surface area (Å²) in [6, 6.07) is 5.44. The van der Waals surface area contributed by atoms with Crippen LogP contribution in [-0.2, 0) is 14.2 Å². The maximum Gasteiger partial charge on any atom is 0.148 e. The lowest BCUT2D eigenvalue weighted by Gasteiger charge is -2.24. The Balaban J connectivity index is 1.95. The Morgan fingerprint density at radius 1 is 1.58 bits per heavy atom. The predicted octanol–water partition coefficient (Wildman–Crippen LogP) is 2.10. The molecule has 0 spiro atoms. The van der Waals surface area contributed by atoms with Crippen molar-refractivity contribution in [2.24, 2.45) is 0 Å². The Bertz CT molecular complexity index is 469. The fraction of sp³-hybridized carbons (Fsp3) is 0.538. The summed E-state index contributed by atoms with van der Waals surface area (Å²) in [4.78, 5) is 3.98. The number of rotatable bonds is 4. The van der Waals surface area contributed by atoms with Gasteiger partial charge in [0.15, 0.2) is 0 Å². The average molecular weight is 283 g/mol. The Hall–Kier alpha value is -1.19. The van der Waals surface area contributed by atoms with Gasteiger partial charge in [-0.25, -0.2) is 4.98 Å². The summed E-state index contributed by atoms with van der Waals surface area (Å²) < 4.78 is 16.5. The number of nitriles is 1. The number of pyridine rings is 1. The number of hydrogen-bond donors (Lipinski definition) is 0. The molecule has 6 heteroatoms.